The van der Waals surface area contributed by atoms with Crippen LogP contribution in [0.2, 0.25) is 0 Å². The fourth-order valence-electron chi connectivity index (χ4n) is 2.99. The zero-order chi connectivity index (χ0) is 17.3. The van der Waals surface area contributed by atoms with Crippen LogP contribution in [0.25, 0.3) is 11.3 Å². The molecule has 0 saturated carbocycles. The fraction of sp³-hybridized carbons (Fsp3) is 0.389. The number of nitrogens with zero attached hydrogens (tertiary/aromatic N) is 1. The molecule has 1 amide bonds. The smallest absolute Gasteiger partial charge is 0.289 e. The molecule has 0 bridgehead atoms. The maximum absolute atomic E-state index is 12.6. The Bertz CT molecular complexity index is 730. The molecule has 2 unspecified atom stereocenters. The van der Waals surface area contributed by atoms with E-state index >= 15 is 0 Å². The van der Waals surface area contributed by atoms with Crippen molar-refractivity contribution in [1.82, 2.24) is 4.90 Å². The van der Waals surface area contributed by atoms with Gasteiger partial charge in [0, 0.05) is 30.4 Å². The van der Waals surface area contributed by atoms with E-state index in [2.05, 4.69) is 0 Å². The predicted octanol–water partition coefficient (Wildman–Crippen LogP) is 2.79. The summed E-state index contributed by atoms with van der Waals surface area (Å²) in [5.41, 5.74) is 7.31. The Hall–Kier alpha value is -2.47. The number of carbonyl (C=O) groups is 1. The monoisotopic (exact) mass is 330 g/mol. The number of benzene rings is 1. The molecule has 6 nitrogen and oxygen atoms in total. The van der Waals surface area contributed by atoms with Gasteiger partial charge < -0.3 is 24.5 Å². The Kier molecular flexibility index (Phi) is 4.49. The van der Waals surface area contributed by atoms with Gasteiger partial charge in [-0.15, -0.1) is 0 Å². The van der Waals surface area contributed by atoms with Gasteiger partial charge >= 0.3 is 0 Å². The highest BCUT2D eigenvalue weighted by molar-refractivity contribution is 5.92. The first-order chi connectivity index (χ1) is 11.5. The third-order valence-corrected chi connectivity index (χ3v) is 4.05. The highest BCUT2D eigenvalue weighted by Crippen LogP contribution is 2.31. The first-order valence-corrected chi connectivity index (χ1v) is 7.96. The Morgan fingerprint density at radius 2 is 1.92 bits per heavy atom. The zero-order valence-electron chi connectivity index (χ0n) is 14.1. The second kappa shape index (κ2) is 6.57. The van der Waals surface area contributed by atoms with Crippen LogP contribution in [0.15, 0.2) is 34.7 Å². The summed E-state index contributed by atoms with van der Waals surface area (Å²) in [6.07, 6.45) is 0.0359. The van der Waals surface area contributed by atoms with Crippen molar-refractivity contribution in [2.24, 2.45) is 0 Å². The minimum absolute atomic E-state index is 0.0179. The number of furan rings is 1. The van der Waals surface area contributed by atoms with E-state index < -0.39 is 0 Å². The van der Waals surface area contributed by atoms with E-state index in [4.69, 9.17) is 19.6 Å². The van der Waals surface area contributed by atoms with Crippen molar-refractivity contribution in [3.05, 3.63) is 36.1 Å². The third-order valence-electron chi connectivity index (χ3n) is 4.05. The molecule has 2 heterocycles. The maximum Gasteiger partial charge on any atom is 0.289 e. The lowest BCUT2D eigenvalue weighted by molar-refractivity contribution is -0.0592. The molecule has 0 spiro atoms. The Labute approximate surface area is 141 Å². The van der Waals surface area contributed by atoms with Crippen LogP contribution in [0.5, 0.6) is 5.75 Å². The standard InChI is InChI=1S/C18H22N2O4/c1-11-9-20(10-12(2)23-11)18(21)17-7-6-16(24-17)14-5-4-13(22-3)8-15(14)19/h4-8,11-12H,9-10,19H2,1-3H3. The summed E-state index contributed by atoms with van der Waals surface area (Å²) in [5.74, 6) is 1.42. The van der Waals surface area contributed by atoms with Crippen LogP contribution in [0, 0.1) is 0 Å². The van der Waals surface area contributed by atoms with Crippen molar-refractivity contribution in [2.75, 3.05) is 25.9 Å². The minimum atomic E-state index is -0.129. The summed E-state index contributed by atoms with van der Waals surface area (Å²) >= 11 is 0. The van der Waals surface area contributed by atoms with Crippen molar-refractivity contribution < 1.29 is 18.7 Å². The first kappa shape index (κ1) is 16.4. The van der Waals surface area contributed by atoms with Gasteiger partial charge in [-0.3, -0.25) is 4.79 Å². The number of carbonyl (C=O) groups excluding carboxylic acids is 1. The van der Waals surface area contributed by atoms with Crippen molar-refractivity contribution in [3.63, 3.8) is 0 Å². The molecule has 2 N–H and O–H groups in total. The highest BCUT2D eigenvalue weighted by atomic mass is 16.5. The maximum atomic E-state index is 12.6. The lowest BCUT2D eigenvalue weighted by Gasteiger charge is -2.34. The van der Waals surface area contributed by atoms with E-state index in [-0.39, 0.29) is 18.1 Å². The van der Waals surface area contributed by atoms with Crippen LogP contribution in [0.1, 0.15) is 24.4 Å². The number of morpholine rings is 1. The second-order valence-corrected chi connectivity index (χ2v) is 6.08. The number of nitrogen functional groups attached to an aromatic ring is 1. The first-order valence-electron chi connectivity index (χ1n) is 7.96. The molecule has 1 fully saturated rings. The van der Waals surface area contributed by atoms with Gasteiger partial charge in [0.1, 0.15) is 11.5 Å². The second-order valence-electron chi connectivity index (χ2n) is 6.08. The van der Waals surface area contributed by atoms with Gasteiger partial charge in [-0.1, -0.05) is 0 Å². The molecule has 0 radical (unpaired) electrons. The molecule has 1 aliphatic heterocycles. The molecule has 128 valence electrons. The summed E-state index contributed by atoms with van der Waals surface area (Å²) in [7, 11) is 1.59. The lowest BCUT2D eigenvalue weighted by Crippen LogP contribution is -2.48. The van der Waals surface area contributed by atoms with E-state index in [1.165, 1.54) is 0 Å². The van der Waals surface area contributed by atoms with Gasteiger partial charge in [-0.2, -0.15) is 0 Å². The quantitative estimate of drug-likeness (QED) is 0.876. The van der Waals surface area contributed by atoms with Crippen LogP contribution in [-0.2, 0) is 4.74 Å². The van der Waals surface area contributed by atoms with Crippen LogP contribution in [0.4, 0.5) is 5.69 Å². The summed E-state index contributed by atoms with van der Waals surface area (Å²) < 4.78 is 16.6. The van der Waals surface area contributed by atoms with E-state index in [1.807, 2.05) is 19.9 Å². The number of anilines is 1. The van der Waals surface area contributed by atoms with Crippen LogP contribution in [0.3, 0.4) is 0 Å². The molecular weight excluding hydrogens is 308 g/mol. The van der Waals surface area contributed by atoms with E-state index in [9.17, 15) is 4.79 Å². The van der Waals surface area contributed by atoms with Gasteiger partial charge in [0.2, 0.25) is 0 Å². The van der Waals surface area contributed by atoms with Gasteiger partial charge in [-0.25, -0.2) is 0 Å². The number of amides is 1. The number of hydrogen-bond donors (Lipinski definition) is 1. The fourth-order valence-corrected chi connectivity index (χ4v) is 2.99. The van der Waals surface area contributed by atoms with E-state index in [1.54, 1.807) is 36.3 Å². The third kappa shape index (κ3) is 3.23. The average molecular weight is 330 g/mol. The number of nitrogens with two attached hydrogens (primary N) is 1. The number of methoxy groups -OCH3 is 1. The lowest BCUT2D eigenvalue weighted by atomic mass is 10.1. The summed E-state index contributed by atoms with van der Waals surface area (Å²) in [4.78, 5) is 14.4. The van der Waals surface area contributed by atoms with Crippen LogP contribution < -0.4 is 10.5 Å². The van der Waals surface area contributed by atoms with E-state index in [0.717, 1.165) is 5.56 Å². The number of hydrogen-bond acceptors (Lipinski definition) is 5. The molecule has 1 saturated heterocycles. The number of ether oxygens (including phenoxy) is 2. The van der Waals surface area contributed by atoms with Gasteiger partial charge in [-0.05, 0) is 38.1 Å². The Morgan fingerprint density at radius 3 is 2.54 bits per heavy atom. The molecule has 2 aromatic rings. The van der Waals surface area contributed by atoms with Crippen molar-refractivity contribution >= 4 is 11.6 Å². The highest BCUT2D eigenvalue weighted by Gasteiger charge is 2.28. The summed E-state index contributed by atoms with van der Waals surface area (Å²) in [6, 6.07) is 8.80. The topological polar surface area (TPSA) is 77.9 Å². The minimum Gasteiger partial charge on any atom is -0.497 e. The molecule has 3 rings (SSSR count). The summed E-state index contributed by atoms with van der Waals surface area (Å²) in [5, 5.41) is 0. The van der Waals surface area contributed by atoms with Crippen molar-refractivity contribution in [2.45, 2.75) is 26.1 Å². The number of rotatable bonds is 3. The summed E-state index contributed by atoms with van der Waals surface area (Å²) in [6.45, 7) is 5.04. The van der Waals surface area contributed by atoms with Crippen LogP contribution in [-0.4, -0.2) is 43.2 Å². The Balaban J connectivity index is 1.81. The normalized spacial score (nSPS) is 20.9. The van der Waals surface area contributed by atoms with Crippen molar-refractivity contribution in [1.29, 1.82) is 0 Å². The van der Waals surface area contributed by atoms with E-state index in [0.29, 0.717) is 36.0 Å². The molecule has 24 heavy (non-hydrogen) atoms. The average Bonchev–Trinajstić information content (AvgIpc) is 3.02. The molecule has 1 aromatic carbocycles. The molecule has 1 aliphatic rings. The van der Waals surface area contributed by atoms with Gasteiger partial charge in [0.25, 0.3) is 5.91 Å². The molecule has 2 atom stereocenters. The van der Waals surface area contributed by atoms with Gasteiger partial charge in [0.05, 0.1) is 19.3 Å². The zero-order valence-corrected chi connectivity index (χ0v) is 14.1. The molecule has 0 aliphatic carbocycles. The molecule has 6 heteroatoms. The molecule has 1 aromatic heterocycles. The van der Waals surface area contributed by atoms with Gasteiger partial charge in [0.15, 0.2) is 5.76 Å². The van der Waals surface area contributed by atoms with Crippen molar-refractivity contribution in [3.8, 4) is 17.1 Å². The molecular formula is C18H22N2O4. The SMILES string of the molecule is COc1ccc(-c2ccc(C(=O)N3CC(C)OC(C)C3)o2)c(N)c1. The van der Waals surface area contributed by atoms with Crippen LogP contribution >= 0.6 is 0 Å². The Morgan fingerprint density at radius 1 is 1.21 bits per heavy atom. The predicted molar refractivity (Wildman–Crippen MR) is 91.0 cm³/mol. The largest absolute Gasteiger partial charge is 0.497 e.